The van der Waals surface area contributed by atoms with Crippen molar-refractivity contribution in [3.8, 4) is 0 Å². The first-order valence-corrected chi connectivity index (χ1v) is 8.35. The highest BCUT2D eigenvalue weighted by Crippen LogP contribution is 2.13. The highest BCUT2D eigenvalue weighted by molar-refractivity contribution is 5.92. The molecule has 2 atom stereocenters. The van der Waals surface area contributed by atoms with E-state index in [4.69, 9.17) is 14.5 Å². The second-order valence-corrected chi connectivity index (χ2v) is 6.13. The molecule has 2 rings (SSSR count). The van der Waals surface area contributed by atoms with Gasteiger partial charge in [-0.1, -0.05) is 47.5 Å². The predicted octanol–water partition coefficient (Wildman–Crippen LogP) is 2.52. The van der Waals surface area contributed by atoms with E-state index < -0.39 is 30.1 Å². The van der Waals surface area contributed by atoms with Crippen LogP contribution in [0.3, 0.4) is 0 Å². The quantitative estimate of drug-likeness (QED) is 0.382. The summed E-state index contributed by atoms with van der Waals surface area (Å²) >= 11 is 0. The first-order valence-electron chi connectivity index (χ1n) is 8.35. The maximum atomic E-state index is 12.2. The third-order valence-electron chi connectivity index (χ3n) is 3.80. The van der Waals surface area contributed by atoms with Gasteiger partial charge in [-0.25, -0.2) is 24.2 Å². The third kappa shape index (κ3) is 5.90. The number of hydrogen-bond donors (Lipinski definition) is 2. The van der Waals surface area contributed by atoms with E-state index >= 15 is 0 Å². The van der Waals surface area contributed by atoms with Crippen molar-refractivity contribution in [2.45, 2.75) is 32.7 Å². The Bertz CT molecular complexity index is 826. The van der Waals surface area contributed by atoms with Crippen molar-refractivity contribution in [3.05, 3.63) is 70.8 Å². The minimum absolute atomic E-state index is 0.0848. The van der Waals surface area contributed by atoms with Gasteiger partial charge in [0.25, 0.3) is 0 Å². The summed E-state index contributed by atoms with van der Waals surface area (Å²) in [4.78, 5) is 44.7. The summed E-state index contributed by atoms with van der Waals surface area (Å²) in [5.74, 6) is -4.31. The lowest BCUT2D eigenvalue weighted by Gasteiger charge is -2.20. The second kappa shape index (κ2) is 9.63. The van der Waals surface area contributed by atoms with Crippen molar-refractivity contribution in [2.75, 3.05) is 0 Å². The van der Waals surface area contributed by atoms with E-state index in [1.807, 2.05) is 26.0 Å². The number of carbonyl (C=O) groups excluding carboxylic acids is 1. The molecule has 2 unspecified atom stereocenters. The number of ether oxygens (including phenoxy) is 1. The van der Waals surface area contributed by atoms with E-state index in [9.17, 15) is 24.6 Å². The van der Waals surface area contributed by atoms with Crippen LogP contribution >= 0.6 is 0 Å². The number of benzene rings is 2. The van der Waals surface area contributed by atoms with Crippen LogP contribution < -0.4 is 0 Å². The van der Waals surface area contributed by atoms with E-state index in [0.29, 0.717) is 5.56 Å². The molecule has 2 aromatic rings. The maximum Gasteiger partial charge on any atom is 0.348 e. The maximum absolute atomic E-state index is 12.2. The number of carboxylic acids is 2. The summed E-state index contributed by atoms with van der Waals surface area (Å²) in [5.41, 5.74) is 2.70. The van der Waals surface area contributed by atoms with Crippen LogP contribution in [0.5, 0.6) is 0 Å². The van der Waals surface area contributed by atoms with Crippen LogP contribution in [0.4, 0.5) is 0 Å². The zero-order chi connectivity index (χ0) is 20.7. The summed E-state index contributed by atoms with van der Waals surface area (Å²) < 4.78 is 4.86. The Morgan fingerprint density at radius 1 is 0.821 bits per heavy atom. The number of aryl methyl sites for hydroxylation is 2. The molecule has 8 nitrogen and oxygen atoms in total. The lowest BCUT2D eigenvalue weighted by molar-refractivity contribution is -0.338. The molecule has 0 aromatic heterocycles. The molecule has 0 aliphatic rings. The van der Waals surface area contributed by atoms with Crippen molar-refractivity contribution < 1.29 is 39.1 Å². The van der Waals surface area contributed by atoms with Crippen molar-refractivity contribution >= 4 is 17.9 Å². The zero-order valence-corrected chi connectivity index (χ0v) is 15.3. The standard InChI is InChI=1S/C20H20O8/c1-12-3-7-14(8-4-12)11-26-28-17(19(23)24)16(18(21)22)27-20(25)15-9-5-13(2)6-10-15/h3-10,16-17H,11H2,1-2H3,(H,21,22)(H,23,24). The van der Waals surface area contributed by atoms with Crippen LogP contribution in [0.2, 0.25) is 0 Å². The molecular formula is C20H20O8. The first kappa shape index (κ1) is 21.1. The molecule has 0 fully saturated rings. The van der Waals surface area contributed by atoms with E-state index in [2.05, 4.69) is 0 Å². The molecule has 8 heteroatoms. The Morgan fingerprint density at radius 2 is 1.32 bits per heavy atom. The van der Waals surface area contributed by atoms with Crippen LogP contribution in [-0.2, 0) is 30.7 Å². The predicted molar refractivity (Wildman–Crippen MR) is 96.5 cm³/mol. The van der Waals surface area contributed by atoms with Crippen LogP contribution in [0.25, 0.3) is 0 Å². The normalized spacial score (nSPS) is 12.8. The van der Waals surface area contributed by atoms with Crippen LogP contribution in [0, 0.1) is 13.8 Å². The molecule has 0 radical (unpaired) electrons. The average Bonchev–Trinajstić information content (AvgIpc) is 2.65. The van der Waals surface area contributed by atoms with Crippen molar-refractivity contribution in [2.24, 2.45) is 0 Å². The summed E-state index contributed by atoms with van der Waals surface area (Å²) in [6.07, 6.45) is -4.14. The Balaban J connectivity index is 2.05. The fourth-order valence-electron chi connectivity index (χ4n) is 2.20. The van der Waals surface area contributed by atoms with Crippen LogP contribution in [0.1, 0.15) is 27.0 Å². The summed E-state index contributed by atoms with van der Waals surface area (Å²) in [6.45, 7) is 3.61. The monoisotopic (exact) mass is 388 g/mol. The van der Waals surface area contributed by atoms with Gasteiger partial charge in [0.15, 0.2) is 0 Å². The van der Waals surface area contributed by atoms with Crippen molar-refractivity contribution in [1.29, 1.82) is 0 Å². The number of carboxylic acid groups (broad SMARTS) is 2. The Kier molecular flexibility index (Phi) is 7.25. The lowest BCUT2D eigenvalue weighted by Crippen LogP contribution is -2.44. The average molecular weight is 388 g/mol. The van der Waals surface area contributed by atoms with Crippen molar-refractivity contribution in [3.63, 3.8) is 0 Å². The topological polar surface area (TPSA) is 119 Å². The molecule has 28 heavy (non-hydrogen) atoms. The summed E-state index contributed by atoms with van der Waals surface area (Å²) in [7, 11) is 0. The van der Waals surface area contributed by atoms with Gasteiger partial charge in [0.2, 0.25) is 12.2 Å². The van der Waals surface area contributed by atoms with Gasteiger partial charge in [-0.2, -0.15) is 0 Å². The molecule has 0 saturated carbocycles. The highest BCUT2D eigenvalue weighted by atomic mass is 17.2. The number of esters is 1. The molecule has 0 spiro atoms. The molecule has 0 aliphatic heterocycles. The molecule has 0 aliphatic carbocycles. The molecule has 148 valence electrons. The number of hydrogen-bond acceptors (Lipinski definition) is 6. The number of aliphatic carboxylic acids is 2. The third-order valence-corrected chi connectivity index (χ3v) is 3.80. The van der Waals surface area contributed by atoms with Gasteiger partial charge in [-0.15, -0.1) is 0 Å². The molecule has 0 amide bonds. The lowest BCUT2D eigenvalue weighted by atomic mass is 10.1. The van der Waals surface area contributed by atoms with Gasteiger partial charge in [-0.3, -0.25) is 0 Å². The molecule has 0 heterocycles. The summed E-state index contributed by atoms with van der Waals surface area (Å²) in [6, 6.07) is 13.3. The molecule has 2 aromatic carbocycles. The van der Waals surface area contributed by atoms with E-state index in [1.54, 1.807) is 24.3 Å². The largest absolute Gasteiger partial charge is 0.479 e. The van der Waals surface area contributed by atoms with Crippen LogP contribution in [-0.4, -0.2) is 40.3 Å². The van der Waals surface area contributed by atoms with Gasteiger partial charge >= 0.3 is 17.9 Å². The van der Waals surface area contributed by atoms with Crippen molar-refractivity contribution in [1.82, 2.24) is 0 Å². The van der Waals surface area contributed by atoms with Gasteiger partial charge in [0, 0.05) is 0 Å². The highest BCUT2D eigenvalue weighted by Gasteiger charge is 2.39. The minimum Gasteiger partial charge on any atom is -0.479 e. The van der Waals surface area contributed by atoms with E-state index in [-0.39, 0.29) is 12.2 Å². The van der Waals surface area contributed by atoms with Crippen LogP contribution in [0.15, 0.2) is 48.5 Å². The SMILES string of the molecule is Cc1ccc(COOC(C(=O)O)C(OC(=O)c2ccc(C)cc2)C(=O)O)cc1. The number of rotatable bonds is 9. The van der Waals surface area contributed by atoms with Gasteiger partial charge < -0.3 is 14.9 Å². The smallest absolute Gasteiger partial charge is 0.348 e. The molecular weight excluding hydrogens is 368 g/mol. The summed E-state index contributed by atoms with van der Waals surface area (Å²) in [5, 5.41) is 18.6. The van der Waals surface area contributed by atoms with E-state index in [1.165, 1.54) is 12.1 Å². The molecule has 0 saturated heterocycles. The Labute approximate surface area is 161 Å². The Morgan fingerprint density at radius 3 is 1.82 bits per heavy atom. The Hall–Kier alpha value is -3.23. The fraction of sp³-hybridized carbons (Fsp3) is 0.250. The van der Waals surface area contributed by atoms with Gasteiger partial charge in [0.1, 0.15) is 6.61 Å². The van der Waals surface area contributed by atoms with Gasteiger partial charge in [0.05, 0.1) is 5.56 Å². The second-order valence-electron chi connectivity index (χ2n) is 6.13. The fourth-order valence-corrected chi connectivity index (χ4v) is 2.20. The van der Waals surface area contributed by atoms with E-state index in [0.717, 1.165) is 11.1 Å². The zero-order valence-electron chi connectivity index (χ0n) is 15.3. The molecule has 2 N–H and O–H groups in total. The first-order chi connectivity index (χ1) is 13.3. The molecule has 0 bridgehead atoms. The van der Waals surface area contributed by atoms with Gasteiger partial charge in [-0.05, 0) is 31.5 Å². The minimum atomic E-state index is -2.09. The number of carbonyl (C=O) groups is 3.